The summed E-state index contributed by atoms with van der Waals surface area (Å²) in [5, 5.41) is 8.81. The number of hydrogen-bond donors (Lipinski definition) is 0. The van der Waals surface area contributed by atoms with Gasteiger partial charge < -0.3 is 4.57 Å². The van der Waals surface area contributed by atoms with Crippen LogP contribution in [-0.2, 0) is 19.4 Å². The van der Waals surface area contributed by atoms with Crippen molar-refractivity contribution in [1.29, 1.82) is 5.26 Å². The van der Waals surface area contributed by atoms with E-state index in [2.05, 4.69) is 37.3 Å². The van der Waals surface area contributed by atoms with Crippen molar-refractivity contribution >= 4 is 0 Å². The number of pyridine rings is 1. The van der Waals surface area contributed by atoms with Gasteiger partial charge in [0.25, 0.3) is 5.56 Å². The minimum atomic E-state index is -0.0459. The van der Waals surface area contributed by atoms with Crippen molar-refractivity contribution in [3.8, 4) is 17.3 Å². The predicted octanol–water partition coefficient (Wildman–Crippen LogP) is 3.55. The molecule has 1 aromatic carbocycles. The number of hydrogen-bond acceptors (Lipinski definition) is 2. The van der Waals surface area contributed by atoms with Gasteiger partial charge in [-0.05, 0) is 30.0 Å². The molecule has 0 aliphatic heterocycles. The number of benzene rings is 1. The second kappa shape index (κ2) is 6.90. The van der Waals surface area contributed by atoms with Gasteiger partial charge in [0.05, 0.1) is 18.2 Å². The maximum absolute atomic E-state index is 12.5. The van der Waals surface area contributed by atoms with Crippen LogP contribution in [0.25, 0.3) is 11.3 Å². The van der Waals surface area contributed by atoms with E-state index in [9.17, 15) is 4.79 Å². The van der Waals surface area contributed by atoms with E-state index in [0.29, 0.717) is 12.1 Å². The summed E-state index contributed by atoms with van der Waals surface area (Å²) in [6.07, 6.45) is 2.05. The highest BCUT2D eigenvalue weighted by molar-refractivity contribution is 5.60. The molecule has 0 spiro atoms. The molecule has 0 aliphatic carbocycles. The van der Waals surface area contributed by atoms with E-state index in [1.165, 1.54) is 5.56 Å². The Labute approximate surface area is 125 Å². The summed E-state index contributed by atoms with van der Waals surface area (Å²) in [5.74, 6) is 0. The first-order valence-corrected chi connectivity index (χ1v) is 7.40. The molecule has 2 aromatic rings. The molecule has 108 valence electrons. The van der Waals surface area contributed by atoms with Gasteiger partial charge in [0.2, 0.25) is 0 Å². The zero-order valence-electron chi connectivity index (χ0n) is 12.6. The van der Waals surface area contributed by atoms with Gasteiger partial charge in [-0.25, -0.2) is 0 Å². The van der Waals surface area contributed by atoms with Gasteiger partial charge in [-0.3, -0.25) is 4.79 Å². The van der Waals surface area contributed by atoms with Crippen LogP contribution in [-0.4, -0.2) is 4.57 Å². The second-order valence-electron chi connectivity index (χ2n) is 5.09. The maximum Gasteiger partial charge on any atom is 0.255 e. The molecular weight excluding hydrogens is 260 g/mol. The van der Waals surface area contributed by atoms with Crippen molar-refractivity contribution in [2.75, 3.05) is 0 Å². The minimum Gasteiger partial charge on any atom is -0.308 e. The summed E-state index contributed by atoms with van der Waals surface area (Å²) in [6.45, 7) is 4.84. The molecule has 2 rings (SSSR count). The van der Waals surface area contributed by atoms with E-state index in [4.69, 9.17) is 5.26 Å². The Kier molecular flexibility index (Phi) is 4.94. The summed E-state index contributed by atoms with van der Waals surface area (Å²) in [6, 6.07) is 14.1. The fourth-order valence-corrected chi connectivity index (χ4v) is 2.45. The monoisotopic (exact) mass is 280 g/mol. The zero-order chi connectivity index (χ0) is 15.2. The number of rotatable bonds is 5. The summed E-state index contributed by atoms with van der Waals surface area (Å²) < 4.78 is 1.79. The van der Waals surface area contributed by atoms with Crippen LogP contribution in [0.1, 0.15) is 31.4 Å². The average Bonchev–Trinajstić information content (AvgIpc) is 2.52. The molecular formula is C18H20N2O. The van der Waals surface area contributed by atoms with Crippen molar-refractivity contribution in [3.05, 3.63) is 57.9 Å². The van der Waals surface area contributed by atoms with Crippen LogP contribution in [0.3, 0.4) is 0 Å². The third kappa shape index (κ3) is 3.22. The lowest BCUT2D eigenvalue weighted by atomic mass is 10.1. The fraction of sp³-hybridized carbons (Fsp3) is 0.333. The van der Waals surface area contributed by atoms with Gasteiger partial charge >= 0.3 is 0 Å². The lowest BCUT2D eigenvalue weighted by Crippen LogP contribution is -2.24. The molecule has 0 fully saturated rings. The number of aryl methyl sites for hydroxylation is 1. The van der Waals surface area contributed by atoms with Crippen molar-refractivity contribution in [1.82, 2.24) is 4.57 Å². The largest absolute Gasteiger partial charge is 0.308 e. The van der Waals surface area contributed by atoms with Crippen LogP contribution in [0, 0.1) is 11.3 Å². The third-order valence-corrected chi connectivity index (χ3v) is 3.63. The molecule has 0 saturated carbocycles. The molecule has 3 nitrogen and oxygen atoms in total. The van der Waals surface area contributed by atoms with E-state index in [-0.39, 0.29) is 12.0 Å². The quantitative estimate of drug-likeness (QED) is 0.840. The van der Waals surface area contributed by atoms with E-state index in [1.54, 1.807) is 10.6 Å². The number of nitriles is 1. The van der Waals surface area contributed by atoms with Crippen molar-refractivity contribution in [2.45, 2.75) is 39.7 Å². The molecule has 1 heterocycles. The van der Waals surface area contributed by atoms with E-state index in [0.717, 1.165) is 24.1 Å². The molecule has 21 heavy (non-hydrogen) atoms. The first-order valence-electron chi connectivity index (χ1n) is 7.40. The first-order chi connectivity index (χ1) is 10.2. The lowest BCUT2D eigenvalue weighted by Gasteiger charge is -2.14. The highest BCUT2D eigenvalue weighted by atomic mass is 16.1. The van der Waals surface area contributed by atoms with Gasteiger partial charge in [0, 0.05) is 12.1 Å². The average molecular weight is 280 g/mol. The zero-order valence-corrected chi connectivity index (χ0v) is 12.6. The van der Waals surface area contributed by atoms with Crippen molar-refractivity contribution in [2.24, 2.45) is 0 Å². The SMILES string of the molecule is CCCn1c(-c2ccc(CC)cc2)ccc(CC#N)c1=O. The Balaban J connectivity index is 2.54. The molecule has 0 unspecified atom stereocenters. The molecule has 0 saturated heterocycles. The maximum atomic E-state index is 12.5. The number of aromatic nitrogens is 1. The Morgan fingerprint density at radius 1 is 1.10 bits per heavy atom. The smallest absolute Gasteiger partial charge is 0.255 e. The predicted molar refractivity (Wildman–Crippen MR) is 85.1 cm³/mol. The highest BCUT2D eigenvalue weighted by Gasteiger charge is 2.09. The Hall–Kier alpha value is -2.34. The van der Waals surface area contributed by atoms with Crippen LogP contribution in [0.2, 0.25) is 0 Å². The van der Waals surface area contributed by atoms with Gasteiger partial charge in [-0.1, -0.05) is 44.2 Å². The van der Waals surface area contributed by atoms with Crippen LogP contribution in [0.5, 0.6) is 0 Å². The minimum absolute atomic E-state index is 0.0459. The molecule has 0 bridgehead atoms. The normalized spacial score (nSPS) is 10.3. The van der Waals surface area contributed by atoms with Gasteiger partial charge in [-0.15, -0.1) is 0 Å². The fourth-order valence-electron chi connectivity index (χ4n) is 2.45. The Bertz CT molecular complexity index is 705. The third-order valence-electron chi connectivity index (χ3n) is 3.63. The van der Waals surface area contributed by atoms with Gasteiger partial charge in [0.1, 0.15) is 0 Å². The van der Waals surface area contributed by atoms with Gasteiger partial charge in [-0.2, -0.15) is 5.26 Å². The highest BCUT2D eigenvalue weighted by Crippen LogP contribution is 2.20. The van der Waals surface area contributed by atoms with Gasteiger partial charge in [0.15, 0.2) is 0 Å². The Morgan fingerprint density at radius 2 is 1.81 bits per heavy atom. The summed E-state index contributed by atoms with van der Waals surface area (Å²) in [4.78, 5) is 12.5. The summed E-state index contributed by atoms with van der Waals surface area (Å²) in [7, 11) is 0. The molecule has 0 N–H and O–H groups in total. The molecule has 0 atom stereocenters. The first kappa shape index (κ1) is 15.1. The van der Waals surface area contributed by atoms with Crippen molar-refractivity contribution in [3.63, 3.8) is 0 Å². The van der Waals surface area contributed by atoms with Crippen LogP contribution in [0.4, 0.5) is 0 Å². The van der Waals surface area contributed by atoms with E-state index >= 15 is 0 Å². The molecule has 0 amide bonds. The summed E-state index contributed by atoms with van der Waals surface area (Å²) in [5.41, 5.74) is 3.77. The van der Waals surface area contributed by atoms with Crippen LogP contribution >= 0.6 is 0 Å². The molecule has 0 radical (unpaired) electrons. The lowest BCUT2D eigenvalue weighted by molar-refractivity contribution is 0.656. The van der Waals surface area contributed by atoms with Crippen LogP contribution < -0.4 is 5.56 Å². The van der Waals surface area contributed by atoms with Crippen LogP contribution in [0.15, 0.2) is 41.2 Å². The van der Waals surface area contributed by atoms with Crippen molar-refractivity contribution < 1.29 is 0 Å². The van der Waals surface area contributed by atoms with E-state index in [1.807, 2.05) is 13.0 Å². The topological polar surface area (TPSA) is 45.8 Å². The van der Waals surface area contributed by atoms with E-state index < -0.39 is 0 Å². The molecule has 1 aromatic heterocycles. The Morgan fingerprint density at radius 3 is 2.38 bits per heavy atom. The summed E-state index contributed by atoms with van der Waals surface area (Å²) >= 11 is 0. The second-order valence-corrected chi connectivity index (χ2v) is 5.09. The number of nitrogens with zero attached hydrogens (tertiary/aromatic N) is 2. The molecule has 0 aliphatic rings. The molecule has 3 heteroatoms. The standard InChI is InChI=1S/C18H20N2O/c1-3-13-20-17(10-9-16(11-12-19)18(20)21)15-7-5-14(4-2)6-8-15/h5-10H,3-4,11,13H2,1-2H3.